The Morgan fingerprint density at radius 1 is 1.12 bits per heavy atom. The van der Waals surface area contributed by atoms with Gasteiger partial charge in [-0.15, -0.1) is 0 Å². The lowest BCUT2D eigenvalue weighted by Crippen LogP contribution is -2.37. The lowest BCUT2D eigenvalue weighted by molar-refractivity contribution is -0.129. The molecule has 0 unspecified atom stereocenters. The SMILES string of the molecule is COc1ccc(CCNC(=O)[C@@H](C)OC(=O)c2ccccc2F)cc1. The number of ether oxygens (including phenoxy) is 2. The van der Waals surface area contributed by atoms with E-state index in [1.165, 1.54) is 25.1 Å². The first-order valence-corrected chi connectivity index (χ1v) is 7.87. The van der Waals surface area contributed by atoms with Gasteiger partial charge in [-0.3, -0.25) is 4.79 Å². The number of amides is 1. The van der Waals surface area contributed by atoms with E-state index in [2.05, 4.69) is 5.32 Å². The van der Waals surface area contributed by atoms with Crippen LogP contribution in [0.25, 0.3) is 0 Å². The number of halogens is 1. The van der Waals surface area contributed by atoms with E-state index in [4.69, 9.17) is 9.47 Å². The summed E-state index contributed by atoms with van der Waals surface area (Å²) in [6, 6.07) is 13.0. The number of methoxy groups -OCH3 is 1. The van der Waals surface area contributed by atoms with Crippen molar-refractivity contribution < 1.29 is 23.5 Å². The minimum atomic E-state index is -1.01. The fourth-order valence-electron chi connectivity index (χ4n) is 2.17. The zero-order valence-corrected chi connectivity index (χ0v) is 14.1. The Morgan fingerprint density at radius 2 is 1.80 bits per heavy atom. The van der Waals surface area contributed by atoms with Crippen molar-refractivity contribution in [3.8, 4) is 5.75 Å². The standard InChI is InChI=1S/C19H20FNO4/c1-13(25-19(23)16-5-3-4-6-17(16)20)18(22)21-12-11-14-7-9-15(24-2)10-8-14/h3-10,13H,11-12H2,1-2H3,(H,21,22)/t13-/m1/s1. The molecule has 0 aliphatic heterocycles. The maximum Gasteiger partial charge on any atom is 0.341 e. The van der Waals surface area contributed by atoms with E-state index in [0.29, 0.717) is 13.0 Å². The predicted molar refractivity (Wildman–Crippen MR) is 91.0 cm³/mol. The Hall–Kier alpha value is -2.89. The van der Waals surface area contributed by atoms with Crippen molar-refractivity contribution in [3.05, 3.63) is 65.5 Å². The van der Waals surface area contributed by atoms with Crippen molar-refractivity contribution in [1.82, 2.24) is 5.32 Å². The van der Waals surface area contributed by atoms with Gasteiger partial charge in [0.05, 0.1) is 12.7 Å². The molecule has 0 aliphatic carbocycles. The van der Waals surface area contributed by atoms with Crippen molar-refractivity contribution in [2.45, 2.75) is 19.4 Å². The molecule has 0 saturated heterocycles. The van der Waals surface area contributed by atoms with Crippen LogP contribution in [-0.4, -0.2) is 31.6 Å². The molecule has 1 atom stereocenters. The summed E-state index contributed by atoms with van der Waals surface area (Å²) in [6.45, 7) is 1.84. The fraction of sp³-hybridized carbons (Fsp3) is 0.263. The summed E-state index contributed by atoms with van der Waals surface area (Å²) in [5.41, 5.74) is 0.845. The number of hydrogen-bond donors (Lipinski definition) is 1. The molecule has 0 fully saturated rings. The quantitative estimate of drug-likeness (QED) is 0.784. The number of nitrogens with one attached hydrogen (secondary N) is 1. The molecule has 5 nitrogen and oxygen atoms in total. The first-order valence-electron chi connectivity index (χ1n) is 7.87. The Labute approximate surface area is 145 Å². The number of esters is 1. The smallest absolute Gasteiger partial charge is 0.341 e. The van der Waals surface area contributed by atoms with Crippen molar-refractivity contribution >= 4 is 11.9 Å². The van der Waals surface area contributed by atoms with Crippen molar-refractivity contribution in [2.24, 2.45) is 0 Å². The molecule has 0 spiro atoms. The van der Waals surface area contributed by atoms with Gasteiger partial charge in [0.15, 0.2) is 6.10 Å². The summed E-state index contributed by atoms with van der Waals surface area (Å²) in [5.74, 6) is -1.21. The van der Waals surface area contributed by atoms with Gasteiger partial charge < -0.3 is 14.8 Å². The van der Waals surface area contributed by atoms with Crippen LogP contribution in [0, 0.1) is 5.82 Å². The molecule has 25 heavy (non-hydrogen) atoms. The predicted octanol–water partition coefficient (Wildman–Crippen LogP) is 2.74. The summed E-state index contributed by atoms with van der Waals surface area (Å²) >= 11 is 0. The maximum absolute atomic E-state index is 13.5. The third kappa shape index (κ3) is 5.31. The second-order valence-electron chi connectivity index (χ2n) is 5.42. The monoisotopic (exact) mass is 345 g/mol. The van der Waals surface area contributed by atoms with Gasteiger partial charge in [0.25, 0.3) is 5.91 Å². The third-order valence-electron chi connectivity index (χ3n) is 3.62. The van der Waals surface area contributed by atoms with Gasteiger partial charge >= 0.3 is 5.97 Å². The molecule has 2 rings (SSSR count). The highest BCUT2D eigenvalue weighted by Gasteiger charge is 2.20. The Balaban J connectivity index is 1.79. The first kappa shape index (κ1) is 18.4. The van der Waals surface area contributed by atoms with Crippen molar-refractivity contribution in [1.29, 1.82) is 0 Å². The minimum Gasteiger partial charge on any atom is -0.497 e. The molecule has 6 heteroatoms. The first-order chi connectivity index (χ1) is 12.0. The second kappa shape index (κ2) is 8.82. The topological polar surface area (TPSA) is 64.6 Å². The molecule has 0 aliphatic rings. The van der Waals surface area contributed by atoms with Crippen LogP contribution in [0.4, 0.5) is 4.39 Å². The number of carbonyl (C=O) groups excluding carboxylic acids is 2. The van der Waals surface area contributed by atoms with Crippen LogP contribution in [0.5, 0.6) is 5.75 Å². The summed E-state index contributed by atoms with van der Waals surface area (Å²) < 4.78 is 23.6. The van der Waals surface area contributed by atoms with Gasteiger partial charge in [-0.1, -0.05) is 24.3 Å². The third-order valence-corrected chi connectivity index (χ3v) is 3.62. The fourth-order valence-corrected chi connectivity index (χ4v) is 2.17. The van der Waals surface area contributed by atoms with E-state index in [0.717, 1.165) is 17.4 Å². The molecule has 0 saturated carbocycles. The Bertz CT molecular complexity index is 730. The van der Waals surface area contributed by atoms with Crippen LogP contribution in [0.3, 0.4) is 0 Å². The molecule has 1 N–H and O–H groups in total. The van der Waals surface area contributed by atoms with E-state index in [1.54, 1.807) is 7.11 Å². The van der Waals surface area contributed by atoms with E-state index in [1.807, 2.05) is 24.3 Å². The molecule has 2 aromatic rings. The van der Waals surface area contributed by atoms with Gasteiger partial charge in [-0.25, -0.2) is 9.18 Å². The van der Waals surface area contributed by atoms with Crippen LogP contribution in [0.1, 0.15) is 22.8 Å². The van der Waals surface area contributed by atoms with E-state index < -0.39 is 23.8 Å². The number of carbonyl (C=O) groups is 2. The van der Waals surface area contributed by atoms with Crippen LogP contribution in [0.2, 0.25) is 0 Å². The molecule has 1 amide bonds. The molecule has 0 radical (unpaired) electrons. The molecule has 0 aromatic heterocycles. The minimum absolute atomic E-state index is 0.194. The maximum atomic E-state index is 13.5. The highest BCUT2D eigenvalue weighted by atomic mass is 19.1. The van der Waals surface area contributed by atoms with Crippen LogP contribution >= 0.6 is 0 Å². The van der Waals surface area contributed by atoms with Gasteiger partial charge in [0.2, 0.25) is 0 Å². The zero-order chi connectivity index (χ0) is 18.2. The lowest BCUT2D eigenvalue weighted by Gasteiger charge is -2.14. The van der Waals surface area contributed by atoms with Crippen LogP contribution in [0.15, 0.2) is 48.5 Å². The molecule has 132 valence electrons. The number of benzene rings is 2. The highest BCUT2D eigenvalue weighted by molar-refractivity contribution is 5.92. The average Bonchev–Trinajstić information content (AvgIpc) is 2.62. The van der Waals surface area contributed by atoms with E-state index in [9.17, 15) is 14.0 Å². The van der Waals surface area contributed by atoms with Crippen LogP contribution < -0.4 is 10.1 Å². The van der Waals surface area contributed by atoms with E-state index >= 15 is 0 Å². The van der Waals surface area contributed by atoms with Gasteiger partial charge in [-0.2, -0.15) is 0 Å². The number of hydrogen-bond acceptors (Lipinski definition) is 4. The molecule has 0 heterocycles. The normalized spacial score (nSPS) is 11.5. The van der Waals surface area contributed by atoms with Gasteiger partial charge in [0.1, 0.15) is 11.6 Å². The Morgan fingerprint density at radius 3 is 2.44 bits per heavy atom. The second-order valence-corrected chi connectivity index (χ2v) is 5.42. The molecule has 2 aromatic carbocycles. The summed E-state index contributed by atoms with van der Waals surface area (Å²) in [4.78, 5) is 23.9. The average molecular weight is 345 g/mol. The van der Waals surface area contributed by atoms with Crippen LogP contribution in [-0.2, 0) is 16.0 Å². The largest absolute Gasteiger partial charge is 0.497 e. The summed E-state index contributed by atoms with van der Waals surface area (Å²) in [5, 5.41) is 2.69. The highest BCUT2D eigenvalue weighted by Crippen LogP contribution is 2.12. The summed E-state index contributed by atoms with van der Waals surface area (Å²) in [7, 11) is 1.60. The van der Waals surface area contributed by atoms with Crippen molar-refractivity contribution in [2.75, 3.05) is 13.7 Å². The Kier molecular flexibility index (Phi) is 6.51. The van der Waals surface area contributed by atoms with E-state index in [-0.39, 0.29) is 5.56 Å². The number of rotatable bonds is 7. The molecular weight excluding hydrogens is 325 g/mol. The van der Waals surface area contributed by atoms with Gasteiger partial charge in [0, 0.05) is 6.54 Å². The molecule has 0 bridgehead atoms. The summed E-state index contributed by atoms with van der Waals surface area (Å²) in [6.07, 6.45) is -0.382. The van der Waals surface area contributed by atoms with Crippen molar-refractivity contribution in [3.63, 3.8) is 0 Å². The lowest BCUT2D eigenvalue weighted by atomic mass is 10.1. The van der Waals surface area contributed by atoms with Gasteiger partial charge in [-0.05, 0) is 43.2 Å². The molecular formula is C19H20FNO4. The zero-order valence-electron chi connectivity index (χ0n) is 14.1.